The number of hydrogen-bond donors (Lipinski definition) is 6. The highest BCUT2D eigenvalue weighted by Crippen LogP contribution is 2.31. The van der Waals surface area contributed by atoms with E-state index < -0.39 is 54.3 Å². The van der Waals surface area contributed by atoms with Crippen molar-refractivity contribution in [3.63, 3.8) is 0 Å². The van der Waals surface area contributed by atoms with Gasteiger partial charge in [0.2, 0.25) is 5.82 Å². The number of fused-ring (bicyclic) bond motifs is 1. The van der Waals surface area contributed by atoms with Crippen molar-refractivity contribution in [2.45, 2.75) is 24.5 Å². The van der Waals surface area contributed by atoms with Gasteiger partial charge in [0.15, 0.2) is 23.2 Å². The second-order valence-corrected chi connectivity index (χ2v) is 5.85. The number of imidazole rings is 1. The van der Waals surface area contributed by atoms with Crippen LogP contribution in [0.15, 0.2) is 22.1 Å². The number of H-pyrrole nitrogens is 2. The van der Waals surface area contributed by atoms with Crippen molar-refractivity contribution in [3.8, 4) is 0 Å². The van der Waals surface area contributed by atoms with Crippen LogP contribution in [0.2, 0.25) is 0 Å². The summed E-state index contributed by atoms with van der Waals surface area (Å²) in [5, 5.41) is 28.7. The lowest BCUT2D eigenvalue weighted by molar-refractivity contribution is -0.0511. The Labute approximate surface area is 158 Å². The maximum Gasteiger partial charge on any atom is 0.325 e. The van der Waals surface area contributed by atoms with Crippen LogP contribution in [0.1, 0.15) is 6.23 Å². The fourth-order valence-electron chi connectivity index (χ4n) is 2.60. The summed E-state index contributed by atoms with van der Waals surface area (Å²) < 4.78 is 31.8. The molecular weight excluding hydrogens is 400 g/mol. The molecule has 3 aromatic heterocycles. The van der Waals surface area contributed by atoms with Crippen molar-refractivity contribution in [3.05, 3.63) is 45.3 Å². The van der Waals surface area contributed by atoms with Crippen LogP contribution in [-0.4, -0.2) is 69.7 Å². The quantitative estimate of drug-likeness (QED) is 0.240. The van der Waals surface area contributed by atoms with E-state index in [1.165, 1.54) is 10.9 Å². The van der Waals surface area contributed by atoms with Crippen LogP contribution < -0.4 is 17.0 Å². The van der Waals surface area contributed by atoms with Crippen molar-refractivity contribution in [2.75, 3.05) is 12.3 Å². The Morgan fingerprint density at radius 1 is 1.24 bits per heavy atom. The molecule has 13 nitrogen and oxygen atoms in total. The average Bonchev–Trinajstić information content (AvgIpc) is 3.21. The van der Waals surface area contributed by atoms with Crippen LogP contribution in [0.3, 0.4) is 0 Å². The lowest BCUT2D eigenvalue weighted by Gasteiger charge is -2.16. The lowest BCUT2D eigenvalue weighted by Crippen LogP contribution is -2.33. The predicted octanol–water partition coefficient (Wildman–Crippen LogP) is -2.64. The van der Waals surface area contributed by atoms with E-state index in [-0.39, 0.29) is 17.0 Å². The van der Waals surface area contributed by atoms with Gasteiger partial charge in [-0.1, -0.05) is 0 Å². The topological polar surface area (TPSA) is 205 Å². The molecule has 0 aromatic carbocycles. The van der Waals surface area contributed by atoms with Gasteiger partial charge in [-0.2, -0.15) is 18.7 Å². The second-order valence-electron chi connectivity index (χ2n) is 5.85. The van der Waals surface area contributed by atoms with Crippen molar-refractivity contribution in [1.82, 2.24) is 29.5 Å². The van der Waals surface area contributed by atoms with Crippen LogP contribution in [0.25, 0.3) is 11.2 Å². The normalized spacial score (nSPS) is 23.8. The van der Waals surface area contributed by atoms with Gasteiger partial charge in [0.1, 0.15) is 18.3 Å². The summed E-state index contributed by atoms with van der Waals surface area (Å²) in [6, 6.07) is 0. The Hall–Kier alpha value is -3.27. The molecule has 1 aliphatic rings. The molecule has 29 heavy (non-hydrogen) atoms. The highest BCUT2D eigenvalue weighted by atomic mass is 19.1. The van der Waals surface area contributed by atoms with E-state index in [0.717, 1.165) is 0 Å². The molecule has 0 bridgehead atoms. The number of halogens is 2. The maximum atomic E-state index is 13.2. The third kappa shape index (κ3) is 3.97. The summed E-state index contributed by atoms with van der Waals surface area (Å²) in [5.41, 5.74) is 4.01. The second kappa shape index (κ2) is 8.00. The van der Waals surface area contributed by atoms with Gasteiger partial charge < -0.3 is 30.8 Å². The van der Waals surface area contributed by atoms with Crippen LogP contribution in [0.5, 0.6) is 0 Å². The van der Waals surface area contributed by atoms with Crippen molar-refractivity contribution < 1.29 is 28.8 Å². The minimum absolute atomic E-state index is 0.0323. The molecule has 1 fully saturated rings. The first-order valence-corrected chi connectivity index (χ1v) is 7.98. The Balaban J connectivity index is 0.000000224. The van der Waals surface area contributed by atoms with E-state index in [2.05, 4.69) is 15.0 Å². The van der Waals surface area contributed by atoms with Gasteiger partial charge in [0.05, 0.1) is 12.9 Å². The zero-order chi connectivity index (χ0) is 21.3. The van der Waals surface area contributed by atoms with Crippen molar-refractivity contribution >= 4 is 17.0 Å². The number of aliphatic hydroxyl groups is 3. The molecular formula is C14H15F2N7O6. The monoisotopic (exact) mass is 415 g/mol. The van der Waals surface area contributed by atoms with Gasteiger partial charge in [-0.25, -0.2) is 9.78 Å². The van der Waals surface area contributed by atoms with Crippen LogP contribution >= 0.6 is 0 Å². The molecule has 15 heteroatoms. The van der Waals surface area contributed by atoms with E-state index in [9.17, 15) is 28.6 Å². The number of rotatable bonds is 2. The summed E-state index contributed by atoms with van der Waals surface area (Å²) in [6.45, 7) is -0.465. The summed E-state index contributed by atoms with van der Waals surface area (Å²) >= 11 is 0. The van der Waals surface area contributed by atoms with E-state index in [1.807, 2.05) is 4.98 Å². The van der Waals surface area contributed by atoms with Gasteiger partial charge in [0.25, 0.3) is 5.56 Å². The molecule has 4 rings (SSSR count). The SMILES string of the molecule is Nc1nc(F)nc2c1ncn2[C@@H]1O[C@H](CO)[C@@H](O)[C@@H]1O.O=c1[nH]cc(F)c(=O)[nH]1. The molecule has 7 N–H and O–H groups in total. The van der Waals surface area contributed by atoms with Crippen LogP contribution in [0, 0.1) is 11.9 Å². The van der Waals surface area contributed by atoms with Gasteiger partial charge in [-0.05, 0) is 0 Å². The largest absolute Gasteiger partial charge is 0.394 e. The number of aromatic amines is 2. The summed E-state index contributed by atoms with van der Waals surface area (Å²) in [5.74, 6) is -1.13. The fraction of sp³-hybridized carbons (Fsp3) is 0.357. The number of hydrogen-bond acceptors (Lipinski definition) is 10. The Morgan fingerprint density at radius 3 is 2.55 bits per heavy atom. The molecule has 1 saturated heterocycles. The molecule has 0 aliphatic carbocycles. The van der Waals surface area contributed by atoms with E-state index in [4.69, 9.17) is 15.6 Å². The number of aliphatic hydroxyl groups excluding tert-OH is 3. The van der Waals surface area contributed by atoms with Crippen LogP contribution in [-0.2, 0) is 4.74 Å². The number of anilines is 1. The Bertz CT molecular complexity index is 1130. The highest BCUT2D eigenvalue weighted by Gasteiger charge is 2.44. The molecule has 0 radical (unpaired) electrons. The lowest BCUT2D eigenvalue weighted by atomic mass is 10.1. The Morgan fingerprint density at radius 2 is 1.97 bits per heavy atom. The third-order valence-electron chi connectivity index (χ3n) is 3.99. The van der Waals surface area contributed by atoms with Gasteiger partial charge in [-0.3, -0.25) is 14.3 Å². The van der Waals surface area contributed by atoms with Gasteiger partial charge in [0, 0.05) is 6.20 Å². The number of nitrogens with one attached hydrogen (secondary N) is 2. The molecule has 4 heterocycles. The number of aromatic nitrogens is 6. The van der Waals surface area contributed by atoms with Crippen LogP contribution in [0.4, 0.5) is 14.6 Å². The average molecular weight is 415 g/mol. The van der Waals surface area contributed by atoms with Crippen molar-refractivity contribution in [2.24, 2.45) is 0 Å². The zero-order valence-corrected chi connectivity index (χ0v) is 14.4. The van der Waals surface area contributed by atoms with E-state index in [0.29, 0.717) is 6.20 Å². The Kier molecular flexibility index (Phi) is 5.64. The zero-order valence-electron chi connectivity index (χ0n) is 14.4. The van der Waals surface area contributed by atoms with E-state index >= 15 is 0 Å². The van der Waals surface area contributed by atoms with E-state index in [1.54, 1.807) is 4.98 Å². The summed E-state index contributed by atoms with van der Waals surface area (Å²) in [6.07, 6.45) is -3.67. The third-order valence-corrected chi connectivity index (χ3v) is 3.99. The molecule has 3 aromatic rings. The fourth-order valence-corrected chi connectivity index (χ4v) is 2.60. The molecule has 0 amide bonds. The highest BCUT2D eigenvalue weighted by molar-refractivity contribution is 5.81. The minimum atomic E-state index is -1.32. The number of ether oxygens (including phenoxy) is 1. The molecule has 0 spiro atoms. The first-order valence-electron chi connectivity index (χ1n) is 7.98. The van der Waals surface area contributed by atoms with Gasteiger partial charge in [-0.15, -0.1) is 0 Å². The smallest absolute Gasteiger partial charge is 0.325 e. The summed E-state index contributed by atoms with van der Waals surface area (Å²) in [7, 11) is 0. The molecule has 0 saturated carbocycles. The first-order chi connectivity index (χ1) is 13.7. The molecule has 1 aliphatic heterocycles. The predicted molar refractivity (Wildman–Crippen MR) is 90.3 cm³/mol. The number of nitrogens with two attached hydrogens (primary N) is 1. The van der Waals surface area contributed by atoms with Gasteiger partial charge >= 0.3 is 11.8 Å². The number of nitrogen functional groups attached to an aromatic ring is 1. The summed E-state index contributed by atoms with van der Waals surface area (Å²) in [4.78, 5) is 34.8. The number of nitrogens with zero attached hydrogens (tertiary/aromatic N) is 4. The molecule has 0 unspecified atom stereocenters. The van der Waals surface area contributed by atoms with Crippen molar-refractivity contribution in [1.29, 1.82) is 0 Å². The maximum absolute atomic E-state index is 13.2. The minimum Gasteiger partial charge on any atom is -0.394 e. The molecule has 156 valence electrons. The first kappa shape index (κ1) is 20.5. The molecule has 4 atom stereocenters. The standard InChI is InChI=1S/C10H12FN5O4.C4H3FN2O2/c11-10-14-7(12)4-8(15-10)16(2-13-4)9-6(19)5(18)3(1-17)20-9;5-2-1-6-4(9)7-3(2)8/h2-3,5-6,9,17-19H,1H2,(H2,12,14,15);1H,(H2,6,7,8,9)/t3-,5-,6+,9-;/m1./s1.